The van der Waals surface area contributed by atoms with E-state index in [1.165, 1.54) is 40.4 Å². The summed E-state index contributed by atoms with van der Waals surface area (Å²) in [5, 5.41) is 63.9. The minimum atomic E-state index is -1.85. The van der Waals surface area contributed by atoms with Crippen LogP contribution in [0.3, 0.4) is 0 Å². The average Bonchev–Trinajstić information content (AvgIpc) is 3.62. The van der Waals surface area contributed by atoms with E-state index in [1.54, 1.807) is 26.8 Å². The van der Waals surface area contributed by atoms with Gasteiger partial charge in [-0.2, -0.15) is 0 Å². The quantitative estimate of drug-likeness (QED) is 0.135. The zero-order valence-electron chi connectivity index (χ0n) is 29.8. The van der Waals surface area contributed by atoms with Crippen LogP contribution >= 0.6 is 0 Å². The molecular formula is C35H50O16. The fourth-order valence-electron chi connectivity index (χ4n) is 10.1. The van der Waals surface area contributed by atoms with E-state index in [1.807, 2.05) is 0 Å². The first kappa shape index (κ1) is 39.3. The van der Waals surface area contributed by atoms with Gasteiger partial charge in [0.05, 0.1) is 49.8 Å². The van der Waals surface area contributed by atoms with Crippen molar-refractivity contribution in [3.63, 3.8) is 0 Å². The molecule has 51 heavy (non-hydrogen) atoms. The largest absolute Gasteiger partial charge is 0.479 e. The van der Waals surface area contributed by atoms with Crippen LogP contribution < -0.4 is 0 Å². The van der Waals surface area contributed by atoms with Gasteiger partial charge in [-0.1, -0.05) is 13.8 Å². The second kappa shape index (κ2) is 13.5. The lowest BCUT2D eigenvalue weighted by Gasteiger charge is -2.66. The number of aliphatic carboxylic acids is 1. The van der Waals surface area contributed by atoms with Gasteiger partial charge in [-0.15, -0.1) is 0 Å². The molecule has 1 aromatic heterocycles. The number of ether oxygens (including phenoxy) is 5. The van der Waals surface area contributed by atoms with Crippen LogP contribution in [0.1, 0.15) is 78.9 Å². The minimum absolute atomic E-state index is 0.0801. The smallest absolute Gasteiger partial charge is 0.335 e. The number of hydrogen-bond acceptors (Lipinski definition) is 15. The minimum Gasteiger partial charge on any atom is -0.479 e. The number of furan rings is 1. The highest BCUT2D eigenvalue weighted by atomic mass is 16.7. The summed E-state index contributed by atoms with van der Waals surface area (Å²) in [6.45, 7) is 8.51. The zero-order chi connectivity index (χ0) is 38.1. The number of epoxide rings is 1. The number of rotatable bonds is 11. The van der Waals surface area contributed by atoms with E-state index in [0.717, 1.165) is 0 Å². The highest BCUT2D eigenvalue weighted by Gasteiger charge is 2.86. The van der Waals surface area contributed by atoms with E-state index in [4.69, 9.17) is 28.1 Å². The third kappa shape index (κ3) is 5.91. The Labute approximate surface area is 294 Å². The molecule has 16 heteroatoms. The summed E-state index contributed by atoms with van der Waals surface area (Å²) >= 11 is 0. The Morgan fingerprint density at radius 1 is 1.10 bits per heavy atom. The van der Waals surface area contributed by atoms with Crippen molar-refractivity contribution in [3.05, 3.63) is 24.2 Å². The molecule has 2 aliphatic heterocycles. The van der Waals surface area contributed by atoms with Gasteiger partial charge in [-0.25, -0.2) is 4.79 Å². The number of carboxylic acids is 1. The molecule has 4 aliphatic rings. The molecule has 2 saturated carbocycles. The highest BCUT2D eigenvalue weighted by Crippen LogP contribution is 2.77. The molecule has 3 heterocycles. The second-order valence-corrected chi connectivity index (χ2v) is 15.6. The molecule has 0 bridgehead atoms. The van der Waals surface area contributed by atoms with Gasteiger partial charge in [0.1, 0.15) is 41.9 Å². The first-order chi connectivity index (χ1) is 23.7. The molecule has 0 unspecified atom stereocenters. The number of aliphatic hydroxyl groups excluding tert-OH is 4. The second-order valence-electron chi connectivity index (χ2n) is 15.6. The Kier molecular flexibility index (Phi) is 10.4. The van der Waals surface area contributed by atoms with E-state index < -0.39 is 125 Å². The fraction of sp³-hybridized carbons (Fsp3) is 0.771. The molecule has 0 amide bonds. The lowest BCUT2D eigenvalue weighted by Crippen LogP contribution is -2.72. The van der Waals surface area contributed by atoms with Crippen LogP contribution in [-0.2, 0) is 42.9 Å². The van der Waals surface area contributed by atoms with Gasteiger partial charge >= 0.3 is 17.9 Å². The Bertz CT molecular complexity index is 1490. The number of carbonyl (C=O) groups is 4. The summed E-state index contributed by atoms with van der Waals surface area (Å²) in [6.07, 6.45) is -10.1. The van der Waals surface area contributed by atoms with Crippen molar-refractivity contribution in [1.82, 2.24) is 0 Å². The van der Waals surface area contributed by atoms with Crippen molar-refractivity contribution in [2.45, 2.75) is 127 Å². The maximum Gasteiger partial charge on any atom is 0.335 e. The maximum atomic E-state index is 14.8. The number of carbonyl (C=O) groups excluding carboxylic acids is 3. The first-order valence-corrected chi connectivity index (χ1v) is 17.0. The van der Waals surface area contributed by atoms with Gasteiger partial charge in [-0.3, -0.25) is 14.4 Å². The molecule has 16 nitrogen and oxygen atoms in total. The molecule has 5 rings (SSSR count). The Morgan fingerprint density at radius 2 is 1.76 bits per heavy atom. The Hall–Kier alpha value is -2.96. The number of fused-ring (bicyclic) bond motifs is 2. The van der Waals surface area contributed by atoms with E-state index >= 15 is 0 Å². The standard InChI is InChI=1S/C35H50O16/c1-16(37)48-22(13-23(39)46-7)33(5)19-8-10-32(4,35(28(51-35)29(43)44)34(19,6)21(38)12-20(33)31(2,3)45)27(17-9-11-47-15-17)50-30-26(42)25(41)24(40)18(14-36)49-30/h9,11,15,18-20,22,24-28,30,36,40-42,45H,8,10,12-14H2,1-7H3,(H,43,44)/t18-,19+,20+,22+,24-,25+,26-,27+,28+,30+,32+,33-,34+,35-/m1/s1. The predicted octanol–water partition coefficient (Wildman–Crippen LogP) is 0.643. The summed E-state index contributed by atoms with van der Waals surface area (Å²) in [5.74, 6) is -4.95. The number of Topliss-reactive ketones (excluding diaryl/α,β-unsaturated/α-hetero) is 1. The molecule has 2 aliphatic carbocycles. The van der Waals surface area contributed by atoms with Crippen molar-refractivity contribution >= 4 is 23.7 Å². The van der Waals surface area contributed by atoms with Crippen molar-refractivity contribution in [2.75, 3.05) is 13.7 Å². The molecule has 2 saturated heterocycles. The number of ketones is 1. The Balaban J connectivity index is 1.70. The molecule has 6 N–H and O–H groups in total. The molecule has 0 aromatic carbocycles. The van der Waals surface area contributed by atoms with Crippen LogP contribution in [0, 0.1) is 28.1 Å². The van der Waals surface area contributed by atoms with Crippen LogP contribution in [0.25, 0.3) is 0 Å². The molecule has 14 atom stereocenters. The highest BCUT2D eigenvalue weighted by molar-refractivity contribution is 5.92. The van der Waals surface area contributed by atoms with Crippen molar-refractivity contribution in [2.24, 2.45) is 28.1 Å². The SMILES string of the molecule is COC(=O)C[C@H](OC(C)=O)[C@@]1(C)[C@H](C(C)(C)O)CC(=O)[C@]2(C)[C@H]1CC[C@@](C)([C@@H](O[C@@H]1O[C@H](CO)[C@@H](O)[C@H](O)[C@H]1O)c1ccoc1)[C@@]21O[C@H]1C(=O)O. The van der Waals surface area contributed by atoms with Crippen molar-refractivity contribution in [3.8, 4) is 0 Å². The topological polar surface area (TPSA) is 252 Å². The molecule has 1 aromatic rings. The van der Waals surface area contributed by atoms with E-state index in [2.05, 4.69) is 0 Å². The summed E-state index contributed by atoms with van der Waals surface area (Å²) in [5.41, 5.74) is -7.51. The molecular weight excluding hydrogens is 676 g/mol. The third-order valence-corrected chi connectivity index (χ3v) is 12.6. The van der Waals surface area contributed by atoms with Gasteiger partial charge in [0.25, 0.3) is 0 Å². The third-order valence-electron chi connectivity index (χ3n) is 12.6. The lowest BCUT2D eigenvalue weighted by molar-refractivity contribution is -0.329. The first-order valence-electron chi connectivity index (χ1n) is 17.0. The number of esters is 2. The van der Waals surface area contributed by atoms with Crippen molar-refractivity contribution < 1.29 is 77.9 Å². The fourth-order valence-corrected chi connectivity index (χ4v) is 10.1. The lowest BCUT2D eigenvalue weighted by atomic mass is 9.37. The maximum absolute atomic E-state index is 14.8. The average molecular weight is 727 g/mol. The molecule has 286 valence electrons. The van der Waals surface area contributed by atoms with Gasteiger partial charge in [0.15, 0.2) is 12.4 Å². The Morgan fingerprint density at radius 3 is 2.27 bits per heavy atom. The van der Waals surface area contributed by atoms with Gasteiger partial charge in [-0.05, 0) is 45.6 Å². The normalized spacial score (nSPS) is 42.1. The van der Waals surface area contributed by atoms with E-state index in [0.29, 0.717) is 5.56 Å². The number of aliphatic hydroxyl groups is 5. The van der Waals surface area contributed by atoms with Crippen LogP contribution in [0.15, 0.2) is 23.0 Å². The number of hydrogen-bond donors (Lipinski definition) is 6. The van der Waals surface area contributed by atoms with Gasteiger partial charge in [0, 0.05) is 35.7 Å². The monoisotopic (exact) mass is 726 g/mol. The van der Waals surface area contributed by atoms with Crippen LogP contribution in [-0.4, -0.2) is 122 Å². The molecule has 0 radical (unpaired) electrons. The summed E-state index contributed by atoms with van der Waals surface area (Å²) < 4.78 is 34.6. The zero-order valence-corrected chi connectivity index (χ0v) is 29.8. The van der Waals surface area contributed by atoms with Crippen molar-refractivity contribution in [1.29, 1.82) is 0 Å². The number of carboxylic acid groups (broad SMARTS) is 1. The van der Waals surface area contributed by atoms with Crippen LogP contribution in [0.2, 0.25) is 0 Å². The van der Waals surface area contributed by atoms with E-state index in [-0.39, 0.29) is 19.3 Å². The van der Waals surface area contributed by atoms with Gasteiger partial charge < -0.3 is 58.7 Å². The summed E-state index contributed by atoms with van der Waals surface area (Å²) in [7, 11) is 1.18. The molecule has 4 fully saturated rings. The van der Waals surface area contributed by atoms with Crippen LogP contribution in [0.5, 0.6) is 0 Å². The summed E-state index contributed by atoms with van der Waals surface area (Å²) in [6, 6.07) is 1.55. The summed E-state index contributed by atoms with van der Waals surface area (Å²) in [4.78, 5) is 53.2. The van der Waals surface area contributed by atoms with Gasteiger partial charge in [0.2, 0.25) is 0 Å². The molecule has 1 spiro atoms. The van der Waals surface area contributed by atoms with E-state index in [9.17, 15) is 49.8 Å². The van der Waals surface area contributed by atoms with Crippen LogP contribution in [0.4, 0.5) is 0 Å². The number of methoxy groups -OCH3 is 1. The predicted molar refractivity (Wildman–Crippen MR) is 170 cm³/mol.